The molecule has 2 atom stereocenters. The number of hydrogen-bond donors (Lipinski definition) is 1. The number of Topliss-reactive ketones (excluding diaryl/α,β-unsaturated/α-hetero) is 1. The number of benzene rings is 3. The van der Waals surface area contributed by atoms with E-state index in [1.165, 1.54) is 17.0 Å². The molecule has 1 fully saturated rings. The van der Waals surface area contributed by atoms with Gasteiger partial charge in [-0.05, 0) is 74.4 Å². The molecule has 1 N–H and O–H groups in total. The number of carbonyl (C=O) groups excluding carboxylic acids is 5. The fraction of sp³-hybridized carbons (Fsp3) is 0.194. The van der Waals surface area contributed by atoms with Crippen LogP contribution in [0.3, 0.4) is 0 Å². The molecule has 202 valence electrons. The second-order valence-electron chi connectivity index (χ2n) is 9.80. The lowest BCUT2D eigenvalue weighted by Crippen LogP contribution is -2.30. The molecule has 1 saturated heterocycles. The summed E-state index contributed by atoms with van der Waals surface area (Å²) in [7, 11) is 0. The number of amides is 3. The van der Waals surface area contributed by atoms with E-state index in [9.17, 15) is 24.0 Å². The van der Waals surface area contributed by atoms with E-state index in [0.717, 1.165) is 10.0 Å². The van der Waals surface area contributed by atoms with Crippen LogP contribution in [0.15, 0.2) is 88.9 Å². The highest BCUT2D eigenvalue weighted by Crippen LogP contribution is 2.39. The van der Waals surface area contributed by atoms with Crippen molar-refractivity contribution in [1.29, 1.82) is 0 Å². The van der Waals surface area contributed by atoms with E-state index >= 15 is 0 Å². The van der Waals surface area contributed by atoms with Crippen molar-refractivity contribution in [2.24, 2.45) is 11.8 Å². The van der Waals surface area contributed by atoms with E-state index in [1.54, 1.807) is 60.7 Å². The van der Waals surface area contributed by atoms with Crippen molar-refractivity contribution < 1.29 is 28.7 Å². The van der Waals surface area contributed by atoms with Gasteiger partial charge in [0.25, 0.3) is 5.91 Å². The summed E-state index contributed by atoms with van der Waals surface area (Å²) >= 11 is 3.30. The SMILES string of the molecule is CC1=CC[C@H]2C(=O)N(c3ccc(C(=O)Nc4cccc(C(=O)OCC(=O)c5ccc(Br)cc5)c4)cc3)C(=O)[C@@H]2C1. The first-order valence-electron chi connectivity index (χ1n) is 12.7. The molecule has 8 nitrogen and oxygen atoms in total. The monoisotopic (exact) mass is 600 g/mol. The molecule has 0 aromatic heterocycles. The number of esters is 1. The molecule has 9 heteroatoms. The summed E-state index contributed by atoms with van der Waals surface area (Å²) in [6, 6.07) is 19.2. The van der Waals surface area contributed by atoms with Crippen LogP contribution in [0.2, 0.25) is 0 Å². The summed E-state index contributed by atoms with van der Waals surface area (Å²) in [5.41, 5.74) is 2.82. The van der Waals surface area contributed by atoms with E-state index in [1.807, 2.05) is 13.0 Å². The highest BCUT2D eigenvalue weighted by atomic mass is 79.9. The Morgan fingerprint density at radius 1 is 0.900 bits per heavy atom. The van der Waals surface area contributed by atoms with E-state index in [4.69, 9.17) is 4.74 Å². The van der Waals surface area contributed by atoms with Gasteiger partial charge >= 0.3 is 5.97 Å². The third-order valence-electron chi connectivity index (χ3n) is 7.07. The molecular formula is C31H25BrN2O6. The van der Waals surface area contributed by atoms with E-state index in [-0.39, 0.29) is 35.0 Å². The van der Waals surface area contributed by atoms with Crippen LogP contribution in [-0.2, 0) is 14.3 Å². The Balaban J connectivity index is 1.20. The molecule has 40 heavy (non-hydrogen) atoms. The number of ketones is 1. The lowest BCUT2D eigenvalue weighted by atomic mass is 9.82. The number of ether oxygens (including phenoxy) is 1. The third kappa shape index (κ3) is 5.65. The van der Waals surface area contributed by atoms with Crippen LogP contribution >= 0.6 is 15.9 Å². The first-order valence-corrected chi connectivity index (χ1v) is 13.5. The average molecular weight is 601 g/mol. The average Bonchev–Trinajstić information content (AvgIpc) is 3.20. The minimum Gasteiger partial charge on any atom is -0.454 e. The van der Waals surface area contributed by atoms with Crippen LogP contribution < -0.4 is 10.2 Å². The molecule has 0 bridgehead atoms. The first kappa shape index (κ1) is 27.2. The van der Waals surface area contributed by atoms with Crippen molar-refractivity contribution in [2.75, 3.05) is 16.8 Å². The van der Waals surface area contributed by atoms with Gasteiger partial charge in [0.15, 0.2) is 12.4 Å². The molecular weight excluding hydrogens is 576 g/mol. The zero-order valence-corrected chi connectivity index (χ0v) is 23.1. The van der Waals surface area contributed by atoms with Crippen molar-refractivity contribution in [3.05, 3.63) is 106 Å². The highest BCUT2D eigenvalue weighted by molar-refractivity contribution is 9.10. The molecule has 2 aliphatic rings. The van der Waals surface area contributed by atoms with Gasteiger partial charge in [-0.3, -0.25) is 24.1 Å². The van der Waals surface area contributed by atoms with Gasteiger partial charge in [0.2, 0.25) is 11.8 Å². The Morgan fingerprint density at radius 2 is 1.57 bits per heavy atom. The Morgan fingerprint density at radius 3 is 2.30 bits per heavy atom. The predicted octanol–water partition coefficient (Wildman–Crippen LogP) is 5.59. The normalized spacial score (nSPS) is 18.1. The molecule has 3 aromatic rings. The molecule has 3 aromatic carbocycles. The van der Waals surface area contributed by atoms with E-state index in [0.29, 0.717) is 35.3 Å². The standard InChI is InChI=1S/C31H25BrN2O6/c1-18-5-14-25-26(15-18)30(38)34(29(25)37)24-12-8-20(9-13-24)28(36)33-23-4-2-3-21(16-23)31(39)40-17-27(35)19-6-10-22(32)11-7-19/h2-13,16,25-26H,14-15,17H2,1H3,(H,33,36)/t25-,26-/m1/s1. The molecule has 0 unspecified atom stereocenters. The Labute approximate surface area is 239 Å². The summed E-state index contributed by atoms with van der Waals surface area (Å²) < 4.78 is 5.99. The fourth-order valence-electron chi connectivity index (χ4n) is 4.91. The number of anilines is 2. The first-order chi connectivity index (χ1) is 19.2. The maximum absolute atomic E-state index is 13.0. The Bertz CT molecular complexity index is 1540. The molecule has 0 spiro atoms. The molecule has 3 amide bonds. The van der Waals surface area contributed by atoms with Gasteiger partial charge in [-0.2, -0.15) is 0 Å². The van der Waals surface area contributed by atoms with Crippen molar-refractivity contribution in [3.8, 4) is 0 Å². The minimum atomic E-state index is -0.697. The number of rotatable bonds is 7. The van der Waals surface area contributed by atoms with E-state index < -0.39 is 18.5 Å². The summed E-state index contributed by atoms with van der Waals surface area (Å²) in [4.78, 5) is 64.8. The number of imide groups is 1. The minimum absolute atomic E-state index is 0.175. The van der Waals surface area contributed by atoms with Crippen molar-refractivity contribution >= 4 is 56.8 Å². The molecule has 1 aliphatic heterocycles. The fourth-order valence-corrected chi connectivity index (χ4v) is 5.18. The van der Waals surface area contributed by atoms with Crippen LogP contribution in [0.1, 0.15) is 50.8 Å². The molecule has 5 rings (SSSR count). The molecule has 0 saturated carbocycles. The topological polar surface area (TPSA) is 110 Å². The molecule has 0 radical (unpaired) electrons. The summed E-state index contributed by atoms with van der Waals surface area (Å²) in [5, 5.41) is 2.73. The quantitative estimate of drug-likeness (QED) is 0.164. The zero-order chi connectivity index (χ0) is 28.4. The number of allylic oxidation sites excluding steroid dienone is 2. The number of carbonyl (C=O) groups is 5. The van der Waals surface area contributed by atoms with Gasteiger partial charge in [0, 0.05) is 21.3 Å². The number of halogens is 1. The van der Waals surface area contributed by atoms with Crippen LogP contribution in [0.25, 0.3) is 0 Å². The van der Waals surface area contributed by atoms with Crippen LogP contribution in [-0.4, -0.2) is 36.1 Å². The van der Waals surface area contributed by atoms with Gasteiger partial charge in [0.05, 0.1) is 23.1 Å². The van der Waals surface area contributed by atoms with E-state index in [2.05, 4.69) is 21.2 Å². The van der Waals surface area contributed by atoms with Gasteiger partial charge < -0.3 is 10.1 Å². The lowest BCUT2D eigenvalue weighted by Gasteiger charge is -2.18. The number of fused-ring (bicyclic) bond motifs is 1. The number of nitrogens with zero attached hydrogens (tertiary/aromatic N) is 1. The maximum Gasteiger partial charge on any atom is 0.338 e. The maximum atomic E-state index is 13.0. The largest absolute Gasteiger partial charge is 0.454 e. The summed E-state index contributed by atoms with van der Waals surface area (Å²) in [6.07, 6.45) is 3.16. The van der Waals surface area contributed by atoms with Gasteiger partial charge in [-0.15, -0.1) is 0 Å². The van der Waals surface area contributed by atoms with Gasteiger partial charge in [-0.1, -0.05) is 45.8 Å². The molecule has 1 aliphatic carbocycles. The van der Waals surface area contributed by atoms with Crippen LogP contribution in [0, 0.1) is 11.8 Å². The number of nitrogens with one attached hydrogen (secondary N) is 1. The molecule has 1 heterocycles. The Kier molecular flexibility index (Phi) is 7.75. The Hall–Kier alpha value is -4.37. The summed E-state index contributed by atoms with van der Waals surface area (Å²) in [5.74, 6) is -2.56. The second kappa shape index (κ2) is 11.4. The third-order valence-corrected chi connectivity index (χ3v) is 7.60. The van der Waals surface area contributed by atoms with Crippen molar-refractivity contribution in [3.63, 3.8) is 0 Å². The van der Waals surface area contributed by atoms with Crippen LogP contribution in [0.5, 0.6) is 0 Å². The van der Waals surface area contributed by atoms with Gasteiger partial charge in [-0.25, -0.2) is 4.79 Å². The predicted molar refractivity (Wildman–Crippen MR) is 152 cm³/mol. The van der Waals surface area contributed by atoms with Gasteiger partial charge in [0.1, 0.15) is 0 Å². The smallest absolute Gasteiger partial charge is 0.338 e. The van der Waals surface area contributed by atoms with Crippen molar-refractivity contribution in [1.82, 2.24) is 0 Å². The zero-order valence-electron chi connectivity index (χ0n) is 21.6. The van der Waals surface area contributed by atoms with Crippen molar-refractivity contribution in [2.45, 2.75) is 19.8 Å². The lowest BCUT2D eigenvalue weighted by molar-refractivity contribution is -0.122. The highest BCUT2D eigenvalue weighted by Gasteiger charge is 2.48. The number of hydrogen-bond acceptors (Lipinski definition) is 6. The second-order valence-corrected chi connectivity index (χ2v) is 10.7. The summed E-state index contributed by atoms with van der Waals surface area (Å²) in [6.45, 7) is 1.55. The van der Waals surface area contributed by atoms with Crippen LogP contribution in [0.4, 0.5) is 11.4 Å².